The lowest BCUT2D eigenvalue weighted by molar-refractivity contribution is -0.138. The number of carboxylic acid groups (broad SMARTS) is 1. The standard InChI is InChI=1S/C9H13N3O2.2ClH/c1-5(9(13)14)8-11-6-2-3-10-4-7(6)12-8;;/h5,10H,2-4H2,1H3,(H,11,12)(H,13,14);2*1H. The average molecular weight is 268 g/mol. The minimum atomic E-state index is -0.843. The molecule has 1 aromatic rings. The van der Waals surface area contributed by atoms with E-state index in [-0.39, 0.29) is 24.8 Å². The molecular formula is C9H15Cl2N3O2. The third-order valence-electron chi connectivity index (χ3n) is 2.50. The van der Waals surface area contributed by atoms with Crippen LogP contribution in [-0.4, -0.2) is 27.6 Å². The molecule has 2 rings (SSSR count). The molecule has 0 saturated carbocycles. The first-order valence-corrected chi connectivity index (χ1v) is 4.69. The molecule has 2 heterocycles. The summed E-state index contributed by atoms with van der Waals surface area (Å²) in [4.78, 5) is 18.1. The number of aliphatic carboxylic acids is 1. The van der Waals surface area contributed by atoms with Gasteiger partial charge >= 0.3 is 5.97 Å². The van der Waals surface area contributed by atoms with Gasteiger partial charge in [-0.2, -0.15) is 0 Å². The van der Waals surface area contributed by atoms with E-state index in [9.17, 15) is 4.79 Å². The Morgan fingerprint density at radius 3 is 2.75 bits per heavy atom. The normalized spacial score (nSPS) is 15.3. The van der Waals surface area contributed by atoms with Crippen molar-refractivity contribution in [3.63, 3.8) is 0 Å². The van der Waals surface area contributed by atoms with E-state index in [1.54, 1.807) is 6.92 Å². The molecule has 1 unspecified atom stereocenters. The Kier molecular flexibility index (Phi) is 5.78. The quantitative estimate of drug-likeness (QED) is 0.750. The lowest BCUT2D eigenvalue weighted by atomic mass is 10.2. The van der Waals surface area contributed by atoms with Gasteiger partial charge in [0.15, 0.2) is 0 Å². The van der Waals surface area contributed by atoms with E-state index in [0.29, 0.717) is 5.82 Å². The minimum Gasteiger partial charge on any atom is -0.481 e. The topological polar surface area (TPSA) is 78.0 Å². The number of halogens is 2. The molecule has 0 fully saturated rings. The third-order valence-corrected chi connectivity index (χ3v) is 2.50. The second-order valence-electron chi connectivity index (χ2n) is 3.53. The molecule has 1 atom stereocenters. The number of imidazole rings is 1. The van der Waals surface area contributed by atoms with Crippen LogP contribution in [-0.2, 0) is 17.8 Å². The maximum absolute atomic E-state index is 10.7. The van der Waals surface area contributed by atoms with Crippen LogP contribution in [0.15, 0.2) is 0 Å². The van der Waals surface area contributed by atoms with Crippen molar-refractivity contribution in [3.8, 4) is 0 Å². The third kappa shape index (κ3) is 2.87. The molecule has 0 bridgehead atoms. The van der Waals surface area contributed by atoms with Crippen LogP contribution < -0.4 is 5.32 Å². The predicted molar refractivity (Wildman–Crippen MR) is 64.5 cm³/mol. The van der Waals surface area contributed by atoms with Crippen LogP contribution in [0.25, 0.3) is 0 Å². The molecule has 0 saturated heterocycles. The van der Waals surface area contributed by atoms with E-state index in [4.69, 9.17) is 5.11 Å². The maximum Gasteiger partial charge on any atom is 0.313 e. The van der Waals surface area contributed by atoms with Gasteiger partial charge in [0, 0.05) is 19.5 Å². The zero-order chi connectivity index (χ0) is 10.1. The molecule has 0 aliphatic carbocycles. The number of H-pyrrole nitrogens is 1. The Balaban J connectivity index is 0.00000112. The summed E-state index contributed by atoms with van der Waals surface area (Å²) in [5.74, 6) is -0.837. The van der Waals surface area contributed by atoms with Gasteiger partial charge in [-0.1, -0.05) is 0 Å². The lowest BCUT2D eigenvalue weighted by Gasteiger charge is -2.09. The van der Waals surface area contributed by atoms with Crippen molar-refractivity contribution in [2.24, 2.45) is 0 Å². The first-order valence-electron chi connectivity index (χ1n) is 4.69. The van der Waals surface area contributed by atoms with E-state index in [2.05, 4.69) is 15.3 Å². The molecule has 3 N–H and O–H groups in total. The van der Waals surface area contributed by atoms with E-state index in [1.807, 2.05) is 0 Å². The summed E-state index contributed by atoms with van der Waals surface area (Å²) in [5, 5.41) is 12.0. The predicted octanol–water partition coefficient (Wildman–Crippen LogP) is 1.09. The van der Waals surface area contributed by atoms with Crippen molar-refractivity contribution in [3.05, 3.63) is 17.2 Å². The summed E-state index contributed by atoms with van der Waals surface area (Å²) in [6.07, 6.45) is 0.873. The molecule has 0 amide bonds. The molecule has 1 aliphatic rings. The summed E-state index contributed by atoms with van der Waals surface area (Å²) in [6, 6.07) is 0. The molecular weight excluding hydrogens is 253 g/mol. The number of nitrogens with one attached hydrogen (secondary N) is 2. The summed E-state index contributed by atoms with van der Waals surface area (Å²) < 4.78 is 0. The molecule has 5 nitrogen and oxygen atoms in total. The van der Waals surface area contributed by atoms with Gasteiger partial charge in [-0.15, -0.1) is 24.8 Å². The second kappa shape index (κ2) is 6.08. The zero-order valence-corrected chi connectivity index (χ0v) is 10.5. The van der Waals surface area contributed by atoms with Crippen LogP contribution in [0.4, 0.5) is 0 Å². The van der Waals surface area contributed by atoms with E-state index in [1.165, 1.54) is 0 Å². The summed E-state index contributed by atoms with van der Waals surface area (Å²) in [7, 11) is 0. The van der Waals surface area contributed by atoms with Crippen LogP contribution >= 0.6 is 24.8 Å². The second-order valence-corrected chi connectivity index (χ2v) is 3.53. The number of aromatic amines is 1. The Hall–Kier alpha value is -0.780. The highest BCUT2D eigenvalue weighted by Gasteiger charge is 2.21. The lowest BCUT2D eigenvalue weighted by Crippen LogP contribution is -2.23. The van der Waals surface area contributed by atoms with Crippen LogP contribution in [0.3, 0.4) is 0 Å². The SMILES string of the molecule is CC(C(=O)O)c1nc2c([nH]1)CNCC2.Cl.Cl. The fourth-order valence-corrected chi connectivity index (χ4v) is 1.56. The first-order chi connectivity index (χ1) is 6.68. The summed E-state index contributed by atoms with van der Waals surface area (Å²) in [5.41, 5.74) is 2.03. The fraction of sp³-hybridized carbons (Fsp3) is 0.556. The van der Waals surface area contributed by atoms with Crippen molar-refractivity contribution < 1.29 is 9.90 Å². The highest BCUT2D eigenvalue weighted by atomic mass is 35.5. The van der Waals surface area contributed by atoms with Gasteiger partial charge in [0.2, 0.25) is 0 Å². The van der Waals surface area contributed by atoms with Crippen LogP contribution in [0.5, 0.6) is 0 Å². The summed E-state index contributed by atoms with van der Waals surface area (Å²) >= 11 is 0. The first kappa shape index (κ1) is 15.2. The number of fused-ring (bicyclic) bond motifs is 1. The van der Waals surface area contributed by atoms with Crippen LogP contribution in [0.2, 0.25) is 0 Å². The molecule has 0 spiro atoms. The van der Waals surface area contributed by atoms with Crippen molar-refractivity contribution in [1.82, 2.24) is 15.3 Å². The average Bonchev–Trinajstić information content (AvgIpc) is 2.59. The minimum absolute atomic E-state index is 0. The molecule has 16 heavy (non-hydrogen) atoms. The highest BCUT2D eigenvalue weighted by Crippen LogP contribution is 2.17. The van der Waals surface area contributed by atoms with Gasteiger partial charge < -0.3 is 15.4 Å². The number of carbonyl (C=O) groups is 1. The number of hydrogen-bond acceptors (Lipinski definition) is 3. The number of carboxylic acids is 1. The van der Waals surface area contributed by atoms with Gasteiger partial charge in [0.05, 0.1) is 11.4 Å². The Labute approximate surface area is 106 Å². The zero-order valence-electron chi connectivity index (χ0n) is 8.82. The number of aromatic nitrogens is 2. The molecule has 0 aromatic carbocycles. The van der Waals surface area contributed by atoms with Crippen molar-refractivity contribution in [1.29, 1.82) is 0 Å². The van der Waals surface area contributed by atoms with E-state index < -0.39 is 11.9 Å². The van der Waals surface area contributed by atoms with E-state index >= 15 is 0 Å². The molecule has 92 valence electrons. The van der Waals surface area contributed by atoms with Gasteiger partial charge in [-0.3, -0.25) is 4.79 Å². The number of nitrogens with zero attached hydrogens (tertiary/aromatic N) is 1. The number of hydrogen-bond donors (Lipinski definition) is 3. The van der Waals surface area contributed by atoms with Crippen molar-refractivity contribution in [2.75, 3.05) is 6.54 Å². The van der Waals surface area contributed by atoms with Gasteiger partial charge in [-0.05, 0) is 6.92 Å². The van der Waals surface area contributed by atoms with Crippen LogP contribution in [0.1, 0.15) is 30.1 Å². The summed E-state index contributed by atoms with van der Waals surface area (Å²) in [6.45, 7) is 3.31. The van der Waals surface area contributed by atoms with Gasteiger partial charge in [0.25, 0.3) is 0 Å². The van der Waals surface area contributed by atoms with Gasteiger partial charge in [-0.25, -0.2) is 4.98 Å². The molecule has 1 aliphatic heterocycles. The molecule has 1 aromatic heterocycles. The number of rotatable bonds is 2. The van der Waals surface area contributed by atoms with Crippen molar-refractivity contribution in [2.45, 2.75) is 25.8 Å². The largest absolute Gasteiger partial charge is 0.481 e. The maximum atomic E-state index is 10.7. The Bertz CT molecular complexity index is 344. The Morgan fingerprint density at radius 2 is 2.19 bits per heavy atom. The van der Waals surface area contributed by atoms with Crippen molar-refractivity contribution >= 4 is 30.8 Å². The molecule has 0 radical (unpaired) electrons. The smallest absolute Gasteiger partial charge is 0.313 e. The highest BCUT2D eigenvalue weighted by molar-refractivity contribution is 5.85. The Morgan fingerprint density at radius 1 is 1.50 bits per heavy atom. The van der Waals surface area contributed by atoms with E-state index in [0.717, 1.165) is 30.9 Å². The molecule has 7 heteroatoms. The monoisotopic (exact) mass is 267 g/mol. The fourth-order valence-electron chi connectivity index (χ4n) is 1.56. The van der Waals surface area contributed by atoms with Crippen LogP contribution in [0, 0.1) is 0 Å². The van der Waals surface area contributed by atoms with Gasteiger partial charge in [0.1, 0.15) is 11.7 Å².